The molecular weight excluding hydrogens is 428 g/mol. The second kappa shape index (κ2) is 13.2. The zero-order valence-electron chi connectivity index (χ0n) is 18.4. The van der Waals surface area contributed by atoms with Crippen LogP contribution in [-0.4, -0.2) is 50.8 Å². The Labute approximate surface area is 191 Å². The molecule has 10 nitrogen and oxygen atoms in total. The zero-order chi connectivity index (χ0) is 24.1. The van der Waals surface area contributed by atoms with Crippen molar-refractivity contribution in [1.29, 1.82) is 0 Å². The maximum Gasteiger partial charge on any atom is 0.329 e. The summed E-state index contributed by atoms with van der Waals surface area (Å²) in [4.78, 5) is 35.3. The van der Waals surface area contributed by atoms with Gasteiger partial charge in [0.25, 0.3) is 5.91 Å². The lowest BCUT2D eigenvalue weighted by Gasteiger charge is -2.13. The van der Waals surface area contributed by atoms with Crippen LogP contribution in [0.25, 0.3) is 0 Å². The van der Waals surface area contributed by atoms with Crippen molar-refractivity contribution in [3.63, 3.8) is 0 Å². The van der Waals surface area contributed by atoms with Crippen LogP contribution in [0, 0.1) is 0 Å². The molecule has 3 amide bonds. The van der Waals surface area contributed by atoms with Crippen molar-refractivity contribution < 1.29 is 28.6 Å². The minimum atomic E-state index is -0.902. The molecule has 0 saturated heterocycles. The number of carbonyl (C=O) groups is 3. The van der Waals surface area contributed by atoms with Gasteiger partial charge >= 0.3 is 11.8 Å². The number of nitrogens with one attached hydrogen (secondary N) is 3. The van der Waals surface area contributed by atoms with Gasteiger partial charge in [-0.15, -0.1) is 6.58 Å². The van der Waals surface area contributed by atoms with Crippen LogP contribution in [-0.2, 0) is 14.4 Å². The molecule has 33 heavy (non-hydrogen) atoms. The molecule has 174 valence electrons. The Hall–Kier alpha value is -4.34. The molecule has 2 rings (SSSR count). The number of benzene rings is 2. The Morgan fingerprint density at radius 3 is 2.45 bits per heavy atom. The van der Waals surface area contributed by atoms with Gasteiger partial charge in [-0.3, -0.25) is 14.4 Å². The van der Waals surface area contributed by atoms with Crippen molar-refractivity contribution in [3.8, 4) is 17.2 Å². The summed E-state index contributed by atoms with van der Waals surface area (Å²) >= 11 is 0. The molecule has 0 aliphatic carbocycles. The Morgan fingerprint density at radius 1 is 1.03 bits per heavy atom. The van der Waals surface area contributed by atoms with E-state index in [4.69, 9.17) is 14.2 Å². The Balaban J connectivity index is 1.94. The summed E-state index contributed by atoms with van der Waals surface area (Å²) in [6.45, 7) is 5.57. The second-order valence-corrected chi connectivity index (χ2v) is 6.40. The van der Waals surface area contributed by atoms with Gasteiger partial charge in [0.15, 0.2) is 18.1 Å². The minimum absolute atomic E-state index is 0.174. The first-order chi connectivity index (χ1) is 16.0. The van der Waals surface area contributed by atoms with E-state index in [1.165, 1.54) is 12.3 Å². The molecule has 10 heteroatoms. The summed E-state index contributed by atoms with van der Waals surface area (Å²) in [6, 6.07) is 11.8. The van der Waals surface area contributed by atoms with E-state index >= 15 is 0 Å². The highest BCUT2D eigenvalue weighted by Gasteiger charge is 2.12. The van der Waals surface area contributed by atoms with E-state index in [-0.39, 0.29) is 19.1 Å². The third-order valence-corrected chi connectivity index (χ3v) is 3.99. The molecule has 0 aromatic heterocycles. The number of carbonyl (C=O) groups excluding carboxylic acids is 3. The van der Waals surface area contributed by atoms with Crippen molar-refractivity contribution in [2.24, 2.45) is 5.10 Å². The van der Waals surface area contributed by atoms with Crippen molar-refractivity contribution >= 4 is 29.6 Å². The van der Waals surface area contributed by atoms with Gasteiger partial charge in [0.2, 0.25) is 0 Å². The topological polar surface area (TPSA) is 127 Å². The summed E-state index contributed by atoms with van der Waals surface area (Å²) in [5.41, 5.74) is 3.32. The number of hydrazone groups is 1. The lowest BCUT2D eigenvalue weighted by atomic mass is 10.2. The fraction of sp³-hybridized carbons (Fsp3) is 0.217. The number of hydrogen-bond donors (Lipinski definition) is 3. The van der Waals surface area contributed by atoms with E-state index < -0.39 is 11.8 Å². The van der Waals surface area contributed by atoms with E-state index in [2.05, 4.69) is 27.7 Å². The third kappa shape index (κ3) is 8.37. The van der Waals surface area contributed by atoms with Gasteiger partial charge in [0.05, 0.1) is 19.9 Å². The SMILES string of the molecule is C=CCNC(=O)C(=O)N/N=C\c1ccc(OCC(=O)Nc2ccc(OC)cc2)c(OCC)c1. The average Bonchev–Trinajstić information content (AvgIpc) is 2.82. The van der Waals surface area contributed by atoms with Gasteiger partial charge in [-0.1, -0.05) is 6.08 Å². The molecule has 0 fully saturated rings. The Kier molecular flexibility index (Phi) is 9.94. The van der Waals surface area contributed by atoms with Gasteiger partial charge in [0.1, 0.15) is 5.75 Å². The first-order valence-electron chi connectivity index (χ1n) is 10.0. The molecule has 2 aromatic carbocycles. The maximum absolute atomic E-state index is 12.2. The molecule has 0 atom stereocenters. The molecule has 0 saturated carbocycles. The highest BCUT2D eigenvalue weighted by atomic mass is 16.5. The lowest BCUT2D eigenvalue weighted by Crippen LogP contribution is -2.37. The summed E-state index contributed by atoms with van der Waals surface area (Å²) in [6.07, 6.45) is 2.80. The fourth-order valence-electron chi connectivity index (χ4n) is 2.47. The monoisotopic (exact) mass is 454 g/mol. The van der Waals surface area contributed by atoms with Gasteiger partial charge in [-0.05, 0) is 55.0 Å². The molecule has 0 aliphatic heterocycles. The first-order valence-corrected chi connectivity index (χ1v) is 10.0. The summed E-state index contributed by atoms with van der Waals surface area (Å²) in [7, 11) is 1.56. The molecule has 0 unspecified atom stereocenters. The molecule has 0 radical (unpaired) electrons. The predicted octanol–water partition coefficient (Wildman–Crippen LogP) is 1.86. The van der Waals surface area contributed by atoms with Gasteiger partial charge < -0.3 is 24.8 Å². The van der Waals surface area contributed by atoms with Crippen molar-refractivity contribution in [3.05, 3.63) is 60.7 Å². The van der Waals surface area contributed by atoms with Crippen molar-refractivity contribution in [2.75, 3.05) is 32.2 Å². The summed E-state index contributed by atoms with van der Waals surface area (Å²) in [5.74, 6) is -0.615. The first kappa shape index (κ1) is 24.9. The smallest absolute Gasteiger partial charge is 0.329 e. The van der Waals surface area contributed by atoms with E-state index in [1.807, 2.05) is 6.92 Å². The summed E-state index contributed by atoms with van der Waals surface area (Å²) in [5, 5.41) is 8.82. The Morgan fingerprint density at radius 2 is 1.79 bits per heavy atom. The molecule has 3 N–H and O–H groups in total. The van der Waals surface area contributed by atoms with E-state index in [1.54, 1.807) is 49.6 Å². The molecule has 0 aliphatic rings. The fourth-order valence-corrected chi connectivity index (χ4v) is 2.47. The highest BCUT2D eigenvalue weighted by Crippen LogP contribution is 2.28. The van der Waals surface area contributed by atoms with E-state index in [9.17, 15) is 14.4 Å². The molecule has 0 bridgehead atoms. The number of anilines is 1. The van der Waals surface area contributed by atoms with Crippen LogP contribution >= 0.6 is 0 Å². The largest absolute Gasteiger partial charge is 0.497 e. The van der Waals surface area contributed by atoms with Gasteiger partial charge in [-0.2, -0.15) is 5.10 Å². The van der Waals surface area contributed by atoms with Crippen molar-refractivity contribution in [1.82, 2.24) is 10.7 Å². The molecule has 2 aromatic rings. The van der Waals surface area contributed by atoms with Crippen LogP contribution in [0.3, 0.4) is 0 Å². The maximum atomic E-state index is 12.2. The minimum Gasteiger partial charge on any atom is -0.497 e. The number of rotatable bonds is 11. The highest BCUT2D eigenvalue weighted by molar-refractivity contribution is 6.35. The standard InChI is InChI=1S/C23H26N4O6/c1-4-12-24-22(29)23(30)27-25-14-16-6-11-19(20(13-16)32-5-2)33-15-21(28)26-17-7-9-18(31-3)10-8-17/h4,6-11,13-14H,1,5,12,15H2,2-3H3,(H,24,29)(H,26,28)(H,27,30)/b25-14-. The van der Waals surface area contributed by atoms with E-state index in [0.717, 1.165) is 0 Å². The number of methoxy groups -OCH3 is 1. The number of ether oxygens (including phenoxy) is 3. The third-order valence-electron chi connectivity index (χ3n) is 3.99. The summed E-state index contributed by atoms with van der Waals surface area (Å²) < 4.78 is 16.3. The van der Waals surface area contributed by atoms with Crippen LogP contribution in [0.15, 0.2) is 60.2 Å². The second-order valence-electron chi connectivity index (χ2n) is 6.40. The predicted molar refractivity (Wildman–Crippen MR) is 124 cm³/mol. The average molecular weight is 454 g/mol. The number of hydrogen-bond acceptors (Lipinski definition) is 7. The molecular formula is C23H26N4O6. The van der Waals surface area contributed by atoms with Crippen LogP contribution in [0.1, 0.15) is 12.5 Å². The lowest BCUT2D eigenvalue weighted by molar-refractivity contribution is -0.139. The van der Waals surface area contributed by atoms with E-state index in [0.29, 0.717) is 35.1 Å². The van der Waals surface area contributed by atoms with Gasteiger partial charge in [0, 0.05) is 12.2 Å². The quantitative estimate of drug-likeness (QED) is 0.206. The zero-order valence-corrected chi connectivity index (χ0v) is 18.4. The number of amides is 3. The van der Waals surface area contributed by atoms with Crippen LogP contribution in [0.4, 0.5) is 5.69 Å². The normalized spacial score (nSPS) is 10.2. The Bertz CT molecular complexity index is 1000. The van der Waals surface area contributed by atoms with Crippen LogP contribution in [0.5, 0.6) is 17.2 Å². The van der Waals surface area contributed by atoms with Gasteiger partial charge in [-0.25, -0.2) is 5.43 Å². The van der Waals surface area contributed by atoms with Crippen molar-refractivity contribution in [2.45, 2.75) is 6.92 Å². The number of nitrogens with zero attached hydrogens (tertiary/aromatic N) is 1. The molecule has 0 heterocycles. The van der Waals surface area contributed by atoms with Crippen LogP contribution in [0.2, 0.25) is 0 Å². The van der Waals surface area contributed by atoms with Crippen LogP contribution < -0.4 is 30.3 Å². The molecule has 0 spiro atoms.